The highest BCUT2D eigenvalue weighted by Gasteiger charge is 2.45. The van der Waals surface area contributed by atoms with Crippen molar-refractivity contribution in [3.63, 3.8) is 0 Å². The molecule has 0 aliphatic heterocycles. The summed E-state index contributed by atoms with van der Waals surface area (Å²) in [6.07, 6.45) is 9.42. The summed E-state index contributed by atoms with van der Waals surface area (Å²) in [7, 11) is 2.00. The van der Waals surface area contributed by atoms with Gasteiger partial charge in [-0.1, -0.05) is 24.3 Å². The summed E-state index contributed by atoms with van der Waals surface area (Å²) in [6, 6.07) is 12.0. The average Bonchev–Trinajstić information content (AvgIpc) is 3.60. The van der Waals surface area contributed by atoms with E-state index in [1.165, 1.54) is 16.9 Å². The van der Waals surface area contributed by atoms with Crippen LogP contribution in [0, 0.1) is 5.41 Å². The van der Waals surface area contributed by atoms with E-state index in [0.717, 1.165) is 40.4 Å². The van der Waals surface area contributed by atoms with Gasteiger partial charge in [0.2, 0.25) is 5.91 Å². The summed E-state index contributed by atoms with van der Waals surface area (Å²) >= 11 is 1.47. The summed E-state index contributed by atoms with van der Waals surface area (Å²) < 4.78 is 3.92. The van der Waals surface area contributed by atoms with Crippen LogP contribution in [-0.4, -0.2) is 31.7 Å². The van der Waals surface area contributed by atoms with Gasteiger partial charge in [-0.2, -0.15) is 5.10 Å². The second kappa shape index (κ2) is 10.0. The number of aromatic nitrogens is 4. The van der Waals surface area contributed by atoms with E-state index in [9.17, 15) is 14.7 Å². The third kappa shape index (κ3) is 5.21. The van der Waals surface area contributed by atoms with Gasteiger partial charge in [-0.3, -0.25) is 14.3 Å². The van der Waals surface area contributed by atoms with Crippen molar-refractivity contribution in [3.05, 3.63) is 88.3 Å². The van der Waals surface area contributed by atoms with Crippen molar-refractivity contribution in [1.29, 1.82) is 0 Å². The highest BCUT2D eigenvalue weighted by molar-refractivity contribution is 7.09. The van der Waals surface area contributed by atoms with Gasteiger partial charge in [-0.05, 0) is 36.0 Å². The zero-order chi connectivity index (χ0) is 25.1. The predicted molar refractivity (Wildman–Crippen MR) is 135 cm³/mol. The molecule has 3 aromatic heterocycles. The Morgan fingerprint density at radius 1 is 1.17 bits per heavy atom. The molecule has 1 aromatic carbocycles. The summed E-state index contributed by atoms with van der Waals surface area (Å²) in [5.41, 5.74) is 4.12. The lowest BCUT2D eigenvalue weighted by Crippen LogP contribution is -2.43. The molecular formula is C27H28N5O3S+. The van der Waals surface area contributed by atoms with Crippen molar-refractivity contribution in [2.24, 2.45) is 12.5 Å². The Hall–Kier alpha value is -3.85. The summed E-state index contributed by atoms with van der Waals surface area (Å²) in [5, 5.41) is 19.6. The molecule has 9 heteroatoms. The summed E-state index contributed by atoms with van der Waals surface area (Å²) in [4.78, 5) is 29.5. The molecule has 184 valence electrons. The van der Waals surface area contributed by atoms with Gasteiger partial charge in [0.1, 0.15) is 12.1 Å². The Kier molecular flexibility index (Phi) is 6.65. The van der Waals surface area contributed by atoms with E-state index in [-0.39, 0.29) is 18.9 Å². The number of carbonyl (C=O) groups excluding carboxylic acids is 1. The number of carbonyl (C=O) groups is 2. The maximum atomic E-state index is 13.2. The molecule has 0 saturated heterocycles. The molecule has 1 amide bonds. The third-order valence-corrected chi connectivity index (χ3v) is 7.55. The quantitative estimate of drug-likeness (QED) is 0.343. The molecular weight excluding hydrogens is 474 g/mol. The standard InChI is InChI=1S/C27H27N5O3S/c1-31-9-6-19(7-10-31)8-11-32-17-22(15-29-32)23-18-36-24(30-23)16-28-26(35)27(14-25(33)34)12-20-4-2-3-5-21(20)13-27/h2-7,9-10,15,17-18H,8,11-14,16H2,1H3,(H-,28,33,34,35)/p+1. The van der Waals surface area contributed by atoms with Crippen LogP contribution in [-0.2, 0) is 49.0 Å². The van der Waals surface area contributed by atoms with Crippen LogP contribution < -0.4 is 9.88 Å². The van der Waals surface area contributed by atoms with E-state index in [1.807, 2.05) is 64.5 Å². The number of aryl methyl sites for hydroxylation is 3. The molecule has 5 rings (SSSR count). The zero-order valence-corrected chi connectivity index (χ0v) is 20.9. The molecule has 1 aliphatic rings. The minimum atomic E-state index is -0.965. The topological polar surface area (TPSA) is 101 Å². The van der Waals surface area contributed by atoms with Crippen molar-refractivity contribution in [2.45, 2.75) is 38.8 Å². The molecule has 0 atom stereocenters. The highest BCUT2D eigenvalue weighted by atomic mass is 32.1. The van der Waals surface area contributed by atoms with Crippen LogP contribution in [0.1, 0.15) is 28.1 Å². The van der Waals surface area contributed by atoms with Crippen LogP contribution >= 0.6 is 11.3 Å². The second-order valence-corrected chi connectivity index (χ2v) is 10.3. The van der Waals surface area contributed by atoms with Crippen molar-refractivity contribution in [3.8, 4) is 11.3 Å². The monoisotopic (exact) mass is 502 g/mol. The molecule has 0 saturated carbocycles. The first kappa shape index (κ1) is 23.9. The van der Waals surface area contributed by atoms with E-state index >= 15 is 0 Å². The number of nitrogens with zero attached hydrogens (tertiary/aromatic N) is 4. The molecule has 0 spiro atoms. The molecule has 4 aromatic rings. The number of rotatable bonds is 9. The van der Waals surface area contributed by atoms with Crippen LogP contribution in [0.4, 0.5) is 0 Å². The van der Waals surface area contributed by atoms with E-state index in [2.05, 4.69) is 27.5 Å². The molecule has 0 fully saturated rings. The van der Waals surface area contributed by atoms with Crippen LogP contribution in [0.25, 0.3) is 11.3 Å². The summed E-state index contributed by atoms with van der Waals surface area (Å²) in [6.45, 7) is 1.04. The van der Waals surface area contributed by atoms with Crippen LogP contribution in [0.3, 0.4) is 0 Å². The largest absolute Gasteiger partial charge is 0.481 e. The molecule has 2 N–H and O–H groups in total. The van der Waals surface area contributed by atoms with E-state index in [4.69, 9.17) is 0 Å². The molecule has 0 radical (unpaired) electrons. The fourth-order valence-corrected chi connectivity index (χ4v) is 5.52. The number of thiazole rings is 1. The lowest BCUT2D eigenvalue weighted by Gasteiger charge is -2.25. The number of hydrogen-bond acceptors (Lipinski definition) is 5. The lowest BCUT2D eigenvalue weighted by molar-refractivity contribution is -0.671. The Labute approximate surface area is 213 Å². The van der Waals surface area contributed by atoms with Crippen LogP contribution in [0.15, 0.2) is 66.6 Å². The van der Waals surface area contributed by atoms with E-state index in [0.29, 0.717) is 12.8 Å². The third-order valence-electron chi connectivity index (χ3n) is 6.71. The van der Waals surface area contributed by atoms with Crippen molar-refractivity contribution in [1.82, 2.24) is 20.1 Å². The van der Waals surface area contributed by atoms with Gasteiger partial charge in [-0.15, -0.1) is 11.3 Å². The number of hydrogen-bond donors (Lipinski definition) is 2. The Bertz CT molecular complexity index is 1370. The molecule has 36 heavy (non-hydrogen) atoms. The number of fused-ring (bicyclic) bond motifs is 1. The average molecular weight is 503 g/mol. The Morgan fingerprint density at radius 2 is 1.89 bits per heavy atom. The maximum absolute atomic E-state index is 13.2. The van der Waals surface area contributed by atoms with Gasteiger partial charge < -0.3 is 10.4 Å². The number of pyridine rings is 1. The molecule has 8 nitrogen and oxygen atoms in total. The second-order valence-electron chi connectivity index (χ2n) is 9.40. The lowest BCUT2D eigenvalue weighted by atomic mass is 9.80. The van der Waals surface area contributed by atoms with Crippen LogP contribution in [0.2, 0.25) is 0 Å². The molecule has 3 heterocycles. The molecule has 1 aliphatic carbocycles. The first-order chi connectivity index (χ1) is 17.4. The van der Waals surface area contributed by atoms with Gasteiger partial charge >= 0.3 is 5.97 Å². The predicted octanol–water partition coefficient (Wildman–Crippen LogP) is 2.95. The van der Waals surface area contributed by atoms with Gasteiger partial charge in [0.25, 0.3) is 0 Å². The maximum Gasteiger partial charge on any atom is 0.304 e. The number of nitrogens with one attached hydrogen (secondary N) is 1. The first-order valence-electron chi connectivity index (χ1n) is 11.9. The van der Waals surface area contributed by atoms with Crippen molar-refractivity contribution >= 4 is 23.2 Å². The highest BCUT2D eigenvalue weighted by Crippen LogP contribution is 2.40. The molecule has 0 bridgehead atoms. The zero-order valence-electron chi connectivity index (χ0n) is 20.1. The number of aliphatic carboxylic acids is 1. The smallest absolute Gasteiger partial charge is 0.304 e. The first-order valence-corrected chi connectivity index (χ1v) is 12.8. The fraction of sp³-hybridized carbons (Fsp3) is 0.296. The van der Waals surface area contributed by atoms with E-state index < -0.39 is 11.4 Å². The number of amides is 1. The number of carboxylic acid groups (broad SMARTS) is 1. The fourth-order valence-electron chi connectivity index (χ4n) is 4.78. The Balaban J connectivity index is 1.20. The molecule has 0 unspecified atom stereocenters. The minimum Gasteiger partial charge on any atom is -0.481 e. The summed E-state index contributed by atoms with van der Waals surface area (Å²) in [5.74, 6) is -1.20. The normalized spacial score (nSPS) is 13.9. The van der Waals surface area contributed by atoms with E-state index in [1.54, 1.807) is 6.20 Å². The Morgan fingerprint density at radius 3 is 2.58 bits per heavy atom. The van der Waals surface area contributed by atoms with Gasteiger partial charge in [0.15, 0.2) is 12.4 Å². The minimum absolute atomic E-state index is 0.197. The number of benzene rings is 1. The van der Waals surface area contributed by atoms with Gasteiger partial charge in [0, 0.05) is 35.8 Å². The van der Waals surface area contributed by atoms with Crippen LogP contribution in [0.5, 0.6) is 0 Å². The SMILES string of the molecule is C[n+]1ccc(CCn2cc(-c3csc(CNC(=O)C4(CC(=O)O)Cc5ccccc5C4)n3)cn2)cc1. The number of carboxylic acids is 1. The van der Waals surface area contributed by atoms with Gasteiger partial charge in [-0.25, -0.2) is 9.55 Å². The van der Waals surface area contributed by atoms with Crippen molar-refractivity contribution < 1.29 is 19.3 Å². The van der Waals surface area contributed by atoms with Crippen molar-refractivity contribution in [2.75, 3.05) is 0 Å². The van der Waals surface area contributed by atoms with Gasteiger partial charge in [0.05, 0.1) is 30.3 Å².